The molecule has 3 aromatic rings. The summed E-state index contributed by atoms with van der Waals surface area (Å²) >= 11 is 13.6. The molecular weight excluding hydrogens is 645 g/mol. The number of hydrogen-bond acceptors (Lipinski definition) is 11. The summed E-state index contributed by atoms with van der Waals surface area (Å²) in [5.41, 5.74) is 1.62. The number of hydrogen-bond donors (Lipinski definition) is 4. The molecule has 0 spiro atoms. The lowest BCUT2D eigenvalue weighted by Gasteiger charge is -2.38. The first-order chi connectivity index (χ1) is 21.7. The van der Waals surface area contributed by atoms with E-state index in [9.17, 15) is 14.4 Å². The molecule has 5 heterocycles. The topological polar surface area (TPSA) is 167 Å². The van der Waals surface area contributed by atoms with Crippen LogP contribution in [0.4, 0.5) is 15.7 Å². The van der Waals surface area contributed by atoms with Gasteiger partial charge in [-0.2, -0.15) is 0 Å². The van der Waals surface area contributed by atoms with Crippen molar-refractivity contribution in [2.24, 2.45) is 0 Å². The van der Waals surface area contributed by atoms with E-state index in [1.807, 2.05) is 11.8 Å². The summed E-state index contributed by atoms with van der Waals surface area (Å²) in [4.78, 5) is 58.5. The number of carbonyl (C=O) groups is 3. The summed E-state index contributed by atoms with van der Waals surface area (Å²) in [6.45, 7) is 9.37. The molecule has 242 valence electrons. The second-order valence-corrected chi connectivity index (χ2v) is 12.1. The summed E-state index contributed by atoms with van der Waals surface area (Å²) < 4.78 is 11.4. The highest BCUT2D eigenvalue weighted by Crippen LogP contribution is 2.35. The molecular formula is C28H35Cl2N9O5S. The van der Waals surface area contributed by atoms with Gasteiger partial charge < -0.3 is 40.2 Å². The van der Waals surface area contributed by atoms with Crippen LogP contribution in [0.3, 0.4) is 0 Å². The van der Waals surface area contributed by atoms with E-state index < -0.39 is 5.97 Å². The van der Waals surface area contributed by atoms with Crippen molar-refractivity contribution in [1.82, 2.24) is 35.5 Å². The Bertz CT molecular complexity index is 1530. The van der Waals surface area contributed by atoms with Gasteiger partial charge in [0, 0.05) is 51.6 Å². The van der Waals surface area contributed by atoms with Crippen LogP contribution in [0.5, 0.6) is 0 Å². The molecule has 2 atom stereocenters. The van der Waals surface area contributed by atoms with Gasteiger partial charge >= 0.3 is 12.0 Å². The van der Waals surface area contributed by atoms with Crippen molar-refractivity contribution in [2.45, 2.75) is 39.3 Å². The molecule has 3 aromatic heterocycles. The maximum Gasteiger partial charge on any atom is 0.350 e. The highest BCUT2D eigenvalue weighted by Gasteiger charge is 2.34. The predicted octanol–water partition coefficient (Wildman–Crippen LogP) is 3.57. The minimum absolute atomic E-state index is 0.0763. The molecule has 0 unspecified atom stereocenters. The number of rotatable bonds is 12. The lowest BCUT2D eigenvalue weighted by Crippen LogP contribution is -2.55. The van der Waals surface area contributed by atoms with E-state index in [2.05, 4.69) is 30.9 Å². The van der Waals surface area contributed by atoms with E-state index in [0.717, 1.165) is 0 Å². The maximum atomic E-state index is 13.0. The summed E-state index contributed by atoms with van der Waals surface area (Å²) in [6.07, 6.45) is 3.33. The van der Waals surface area contributed by atoms with Crippen molar-refractivity contribution in [2.75, 3.05) is 62.7 Å². The van der Waals surface area contributed by atoms with Crippen molar-refractivity contribution in [1.29, 1.82) is 0 Å². The van der Waals surface area contributed by atoms with Gasteiger partial charge in [0.2, 0.25) is 0 Å². The first-order valence-electron chi connectivity index (χ1n) is 14.7. The number of aromatic amines is 1. The molecule has 45 heavy (non-hydrogen) atoms. The first kappa shape index (κ1) is 32.7. The van der Waals surface area contributed by atoms with E-state index in [1.54, 1.807) is 31.1 Å². The number of H-pyrrole nitrogens is 1. The summed E-state index contributed by atoms with van der Waals surface area (Å²) in [6, 6.07) is -0.366. The Kier molecular flexibility index (Phi) is 10.6. The number of esters is 1. The Hall–Kier alpha value is -3.66. The minimum atomic E-state index is -0.496. The van der Waals surface area contributed by atoms with Crippen LogP contribution in [-0.2, 0) is 9.47 Å². The normalized spacial score (nSPS) is 18.2. The fraction of sp³-hybridized carbons (Fsp3) is 0.500. The van der Waals surface area contributed by atoms with E-state index in [0.29, 0.717) is 90.2 Å². The van der Waals surface area contributed by atoms with Gasteiger partial charge in [-0.05, 0) is 27.2 Å². The zero-order chi connectivity index (χ0) is 32.1. The number of ether oxygens (including phenoxy) is 2. The number of aryl methyl sites for hydroxylation is 1. The monoisotopic (exact) mass is 679 g/mol. The van der Waals surface area contributed by atoms with Gasteiger partial charge in [-0.25, -0.2) is 24.5 Å². The second-order valence-electron chi connectivity index (χ2n) is 10.4. The van der Waals surface area contributed by atoms with E-state index >= 15 is 0 Å². The molecule has 0 radical (unpaired) electrons. The van der Waals surface area contributed by atoms with Gasteiger partial charge in [0.15, 0.2) is 5.13 Å². The number of nitrogens with zero attached hydrogens (tertiary/aromatic N) is 5. The zero-order valence-corrected chi connectivity index (χ0v) is 27.4. The number of piperidine rings is 1. The van der Waals surface area contributed by atoms with Crippen LogP contribution in [0.2, 0.25) is 10.0 Å². The molecule has 2 fully saturated rings. The Labute approximate surface area is 274 Å². The van der Waals surface area contributed by atoms with Crippen molar-refractivity contribution >= 4 is 63.4 Å². The average Bonchev–Trinajstić information content (AvgIpc) is 3.73. The van der Waals surface area contributed by atoms with E-state index in [-0.39, 0.29) is 41.4 Å². The molecule has 4 N–H and O–H groups in total. The molecule has 0 aromatic carbocycles. The third-order valence-electron chi connectivity index (χ3n) is 7.41. The molecule has 0 bridgehead atoms. The Morgan fingerprint density at radius 1 is 1.16 bits per heavy atom. The number of nitrogens with one attached hydrogen (secondary N) is 4. The van der Waals surface area contributed by atoms with Gasteiger partial charge in [-0.1, -0.05) is 34.5 Å². The van der Waals surface area contributed by atoms with Crippen LogP contribution in [0.25, 0.3) is 11.4 Å². The molecule has 14 nitrogen and oxygen atoms in total. The molecule has 2 saturated heterocycles. The van der Waals surface area contributed by atoms with Crippen molar-refractivity contribution in [3.8, 4) is 11.4 Å². The van der Waals surface area contributed by atoms with Gasteiger partial charge in [0.1, 0.15) is 27.8 Å². The number of thiazole rings is 1. The lowest BCUT2D eigenvalue weighted by molar-refractivity contribution is 0.0272. The van der Waals surface area contributed by atoms with Crippen LogP contribution < -0.4 is 20.9 Å². The molecule has 2 aliphatic heterocycles. The molecule has 0 aliphatic carbocycles. The number of anilines is 2. The van der Waals surface area contributed by atoms with Crippen LogP contribution in [-0.4, -0.2) is 107 Å². The van der Waals surface area contributed by atoms with Crippen LogP contribution >= 0.6 is 34.5 Å². The highest BCUT2D eigenvalue weighted by molar-refractivity contribution is 7.17. The SMILES string of the molecule is CCOC(=O)c1sc(N2CC[C@@H](NC(=O)c3[nH]c(C)c(Cl)c3Cl)[C@@H](OCC)C2)nc1-c1cnc(NCCN2CCNC2=O)cn1. The first-order valence-corrected chi connectivity index (χ1v) is 16.2. The third kappa shape index (κ3) is 7.43. The van der Waals surface area contributed by atoms with Crippen molar-refractivity contribution < 1.29 is 23.9 Å². The van der Waals surface area contributed by atoms with Gasteiger partial charge in [-0.3, -0.25) is 4.79 Å². The molecule has 17 heteroatoms. The molecule has 5 rings (SSSR count). The quantitative estimate of drug-likeness (QED) is 0.208. The van der Waals surface area contributed by atoms with Crippen LogP contribution in [0.1, 0.15) is 46.1 Å². The van der Waals surface area contributed by atoms with Gasteiger partial charge in [0.05, 0.1) is 41.2 Å². The van der Waals surface area contributed by atoms with Gasteiger partial charge in [0.25, 0.3) is 5.91 Å². The van der Waals surface area contributed by atoms with E-state index in [1.165, 1.54) is 11.3 Å². The number of urea groups is 1. The number of aromatic nitrogens is 4. The van der Waals surface area contributed by atoms with Crippen molar-refractivity contribution in [3.05, 3.63) is 38.7 Å². The Morgan fingerprint density at radius 3 is 2.62 bits per heavy atom. The number of amides is 3. The highest BCUT2D eigenvalue weighted by atomic mass is 35.5. The molecule has 0 saturated carbocycles. The molecule has 3 amide bonds. The van der Waals surface area contributed by atoms with E-state index in [4.69, 9.17) is 37.7 Å². The summed E-state index contributed by atoms with van der Waals surface area (Å²) in [5, 5.41) is 10.1. The largest absolute Gasteiger partial charge is 0.462 e. The lowest BCUT2D eigenvalue weighted by atomic mass is 10.0. The summed E-state index contributed by atoms with van der Waals surface area (Å²) in [7, 11) is 0. The minimum Gasteiger partial charge on any atom is -0.462 e. The fourth-order valence-electron chi connectivity index (χ4n) is 5.14. The fourth-order valence-corrected chi connectivity index (χ4v) is 6.56. The summed E-state index contributed by atoms with van der Waals surface area (Å²) in [5.74, 6) is -0.324. The third-order valence-corrected chi connectivity index (χ3v) is 9.46. The van der Waals surface area contributed by atoms with Crippen LogP contribution in [0, 0.1) is 6.92 Å². The number of halogens is 2. The standard InChI is InChI=1S/C28H35Cl2N9O5S/c1-4-43-18-14-39(9-6-16(18)36-25(40)23-21(30)20(29)15(3)35-23)28-37-22(24(45-28)26(41)44-5-2)17-12-34-19(13-33-17)31-7-10-38-11-8-32-27(38)42/h12-13,16,18,35H,4-11,14H2,1-3H3,(H,31,34)(H,32,42)(H,36,40)/t16-,18+/m1/s1. The maximum absolute atomic E-state index is 13.0. The molecule has 2 aliphatic rings. The average molecular weight is 681 g/mol. The zero-order valence-electron chi connectivity index (χ0n) is 25.1. The smallest absolute Gasteiger partial charge is 0.350 e. The van der Waals surface area contributed by atoms with Crippen LogP contribution in [0.15, 0.2) is 12.4 Å². The Morgan fingerprint density at radius 2 is 1.98 bits per heavy atom. The Balaban J connectivity index is 1.29. The van der Waals surface area contributed by atoms with Gasteiger partial charge in [-0.15, -0.1) is 0 Å². The van der Waals surface area contributed by atoms with Crippen molar-refractivity contribution in [3.63, 3.8) is 0 Å². The number of carbonyl (C=O) groups excluding carboxylic acids is 3. The second kappa shape index (κ2) is 14.6. The predicted molar refractivity (Wildman–Crippen MR) is 172 cm³/mol.